The van der Waals surface area contributed by atoms with Crippen LogP contribution < -0.4 is 15.9 Å². The Kier molecular flexibility index (Phi) is 4.30. The molecule has 0 radical (unpaired) electrons. The van der Waals surface area contributed by atoms with E-state index in [0.29, 0.717) is 11.4 Å². The predicted molar refractivity (Wildman–Crippen MR) is 90.4 cm³/mol. The lowest BCUT2D eigenvalue weighted by atomic mass is 9.80. The van der Waals surface area contributed by atoms with E-state index in [1.165, 1.54) is 24.3 Å². The van der Waals surface area contributed by atoms with Gasteiger partial charge in [-0.1, -0.05) is 41.9 Å². The molecule has 3 N–H and O–H groups in total. The van der Waals surface area contributed by atoms with Crippen molar-refractivity contribution in [3.8, 4) is 5.75 Å². The minimum Gasteiger partial charge on any atom is -0.406 e. The molecule has 4 nitrogen and oxygen atoms in total. The van der Waals surface area contributed by atoms with Crippen LogP contribution in [0.5, 0.6) is 5.75 Å². The molecule has 0 aliphatic heterocycles. The van der Waals surface area contributed by atoms with Gasteiger partial charge in [-0.25, -0.2) is 4.98 Å². The molecule has 25 heavy (non-hydrogen) atoms. The molecule has 0 fully saturated rings. The third kappa shape index (κ3) is 3.53. The number of nitrogens with two attached hydrogens (primary N) is 1. The third-order valence-corrected chi connectivity index (χ3v) is 3.89. The van der Waals surface area contributed by atoms with Crippen LogP contribution in [0.25, 0.3) is 0 Å². The van der Waals surface area contributed by atoms with E-state index in [4.69, 9.17) is 5.73 Å². The maximum absolute atomic E-state index is 12.3. The van der Waals surface area contributed by atoms with E-state index >= 15 is 0 Å². The van der Waals surface area contributed by atoms with E-state index in [1.54, 1.807) is 12.4 Å². The molecule has 2 aromatic carbocycles. The summed E-state index contributed by atoms with van der Waals surface area (Å²) < 4.78 is 41.0. The van der Waals surface area contributed by atoms with Gasteiger partial charge in [0.15, 0.2) is 0 Å². The lowest BCUT2D eigenvalue weighted by molar-refractivity contribution is -0.274. The summed E-state index contributed by atoms with van der Waals surface area (Å²) in [6.45, 7) is 0. The van der Waals surface area contributed by atoms with Gasteiger partial charge in [0.1, 0.15) is 25.0 Å². The molecule has 0 saturated carbocycles. The Bertz CT molecular complexity index is 850. The number of nitrogens with zero attached hydrogens (tertiary/aromatic N) is 1. The number of rotatable bonds is 4. The monoisotopic (exact) mass is 345 g/mol. The molecule has 3 aromatic rings. The maximum atomic E-state index is 12.3. The summed E-state index contributed by atoms with van der Waals surface area (Å²) in [7, 11) is 1.94. The van der Waals surface area contributed by atoms with Crippen molar-refractivity contribution in [2.24, 2.45) is 5.73 Å². The van der Waals surface area contributed by atoms with Crippen molar-refractivity contribution in [2.75, 3.05) is 0 Å². The van der Waals surface area contributed by atoms with Gasteiger partial charge >= 0.3 is 6.36 Å². The van der Waals surface area contributed by atoms with Gasteiger partial charge in [0.2, 0.25) is 0 Å². The van der Waals surface area contributed by atoms with Crippen LogP contribution in [0.4, 0.5) is 13.2 Å². The molecule has 1 aromatic heterocycles. The van der Waals surface area contributed by atoms with Gasteiger partial charge in [0.25, 0.3) is 0 Å². The summed E-state index contributed by atoms with van der Waals surface area (Å²) in [6, 6.07) is 13.1. The first-order valence-electron chi connectivity index (χ1n) is 7.51. The molecule has 128 valence electrons. The second-order valence-electron chi connectivity index (χ2n) is 5.69. The van der Waals surface area contributed by atoms with Crippen molar-refractivity contribution in [2.45, 2.75) is 11.9 Å². The second kappa shape index (κ2) is 6.29. The first-order chi connectivity index (χ1) is 11.8. The highest BCUT2D eigenvalue weighted by atomic mass is 19.4. The zero-order valence-electron chi connectivity index (χ0n) is 13.3. The first-order valence-corrected chi connectivity index (χ1v) is 7.51. The molecule has 3 rings (SSSR count). The SMILES string of the molecule is Bc1cccc(C(N)(c2ccc(OC(F)(F)F)cc2)c2ncc[nH]2)c1. The van der Waals surface area contributed by atoms with Crippen LogP contribution in [-0.2, 0) is 5.54 Å². The van der Waals surface area contributed by atoms with E-state index in [1.807, 2.05) is 32.1 Å². The van der Waals surface area contributed by atoms with Gasteiger partial charge in [-0.3, -0.25) is 0 Å². The predicted octanol–water partition coefficient (Wildman–Crippen LogP) is 1.82. The van der Waals surface area contributed by atoms with Crippen LogP contribution in [0.3, 0.4) is 0 Å². The summed E-state index contributed by atoms with van der Waals surface area (Å²) >= 11 is 0. The second-order valence-corrected chi connectivity index (χ2v) is 5.69. The highest BCUT2D eigenvalue weighted by molar-refractivity contribution is 6.32. The molecular weight excluding hydrogens is 330 g/mol. The molecular formula is C17H15BF3N3O. The molecule has 0 aliphatic carbocycles. The molecule has 0 amide bonds. The van der Waals surface area contributed by atoms with Crippen LogP contribution in [0, 0.1) is 0 Å². The number of hydrogen-bond acceptors (Lipinski definition) is 3. The highest BCUT2D eigenvalue weighted by Crippen LogP contribution is 2.33. The number of ether oxygens (including phenoxy) is 1. The van der Waals surface area contributed by atoms with E-state index in [-0.39, 0.29) is 5.75 Å². The minimum absolute atomic E-state index is 0.303. The van der Waals surface area contributed by atoms with Crippen molar-refractivity contribution in [3.63, 3.8) is 0 Å². The Morgan fingerprint density at radius 2 is 1.76 bits per heavy atom. The zero-order chi connectivity index (χ0) is 18.1. The molecule has 0 aliphatic rings. The minimum atomic E-state index is -4.74. The van der Waals surface area contributed by atoms with Gasteiger partial charge in [0.05, 0.1) is 0 Å². The van der Waals surface area contributed by atoms with Gasteiger partial charge in [-0.2, -0.15) is 0 Å². The van der Waals surface area contributed by atoms with E-state index < -0.39 is 11.9 Å². The molecule has 0 saturated heterocycles. The number of halogens is 3. The Morgan fingerprint density at radius 1 is 1.04 bits per heavy atom. The van der Waals surface area contributed by atoms with Crippen LogP contribution >= 0.6 is 0 Å². The molecule has 0 bridgehead atoms. The number of benzene rings is 2. The summed E-state index contributed by atoms with van der Waals surface area (Å²) in [5.41, 5.74) is 7.93. The smallest absolute Gasteiger partial charge is 0.406 e. The van der Waals surface area contributed by atoms with Gasteiger partial charge < -0.3 is 15.5 Å². The fourth-order valence-corrected chi connectivity index (χ4v) is 2.73. The number of H-pyrrole nitrogens is 1. The topological polar surface area (TPSA) is 63.9 Å². The van der Waals surface area contributed by atoms with Crippen LogP contribution in [-0.4, -0.2) is 24.2 Å². The number of aromatic amines is 1. The normalized spacial score (nSPS) is 14.1. The van der Waals surface area contributed by atoms with E-state index in [9.17, 15) is 13.2 Å². The van der Waals surface area contributed by atoms with Gasteiger partial charge in [-0.15, -0.1) is 13.2 Å². The van der Waals surface area contributed by atoms with E-state index in [2.05, 4.69) is 14.7 Å². The Labute approximate surface area is 143 Å². The average Bonchev–Trinajstić information content (AvgIpc) is 3.08. The lowest BCUT2D eigenvalue weighted by Gasteiger charge is -2.29. The Morgan fingerprint density at radius 3 is 2.32 bits per heavy atom. The molecule has 1 atom stereocenters. The third-order valence-electron chi connectivity index (χ3n) is 3.89. The Balaban J connectivity index is 2.07. The van der Waals surface area contributed by atoms with Crippen LogP contribution in [0.2, 0.25) is 0 Å². The van der Waals surface area contributed by atoms with Crippen LogP contribution in [0.1, 0.15) is 17.0 Å². The molecule has 0 spiro atoms. The van der Waals surface area contributed by atoms with Crippen LogP contribution in [0.15, 0.2) is 60.9 Å². The van der Waals surface area contributed by atoms with Gasteiger partial charge in [0, 0.05) is 12.4 Å². The van der Waals surface area contributed by atoms with Crippen molar-refractivity contribution in [1.29, 1.82) is 0 Å². The van der Waals surface area contributed by atoms with E-state index in [0.717, 1.165) is 11.0 Å². The van der Waals surface area contributed by atoms with Crippen molar-refractivity contribution >= 4 is 13.3 Å². The van der Waals surface area contributed by atoms with Crippen molar-refractivity contribution < 1.29 is 17.9 Å². The molecule has 8 heteroatoms. The standard InChI is InChI=1S/C17H15BF3N3O/c18-13-3-1-2-12(10-13)16(22,15-23-8-9-24-15)11-4-6-14(7-5-11)25-17(19,20)21/h1-10H,18,22H2,(H,23,24). The quantitative estimate of drug-likeness (QED) is 0.709. The summed E-state index contributed by atoms with van der Waals surface area (Å²) in [6.07, 6.45) is -1.51. The maximum Gasteiger partial charge on any atom is 0.573 e. The van der Waals surface area contributed by atoms with Crippen molar-refractivity contribution in [1.82, 2.24) is 9.97 Å². The first kappa shape index (κ1) is 17.1. The Hall–Kier alpha value is -2.74. The number of nitrogens with one attached hydrogen (secondary N) is 1. The molecule has 1 heterocycles. The lowest BCUT2D eigenvalue weighted by Crippen LogP contribution is -2.41. The fraction of sp³-hybridized carbons (Fsp3) is 0.118. The highest BCUT2D eigenvalue weighted by Gasteiger charge is 2.35. The summed E-state index contributed by atoms with van der Waals surface area (Å²) in [4.78, 5) is 7.26. The number of imidazole rings is 1. The van der Waals surface area contributed by atoms with Gasteiger partial charge in [-0.05, 0) is 23.3 Å². The summed E-state index contributed by atoms with van der Waals surface area (Å²) in [5, 5.41) is 0. The average molecular weight is 345 g/mol. The number of alkyl halides is 3. The number of aromatic nitrogens is 2. The largest absolute Gasteiger partial charge is 0.573 e. The summed E-state index contributed by atoms with van der Waals surface area (Å²) in [5.74, 6) is 0.185. The van der Waals surface area contributed by atoms with Crippen molar-refractivity contribution in [3.05, 3.63) is 77.9 Å². The molecule has 1 unspecified atom stereocenters. The number of hydrogen-bond donors (Lipinski definition) is 2. The zero-order valence-corrected chi connectivity index (χ0v) is 13.3. The fourth-order valence-electron chi connectivity index (χ4n) is 2.73.